The molecule has 14 atom stereocenters. The Balaban J connectivity index is 2.22. The minimum absolute atomic E-state index is 0.756. The fourth-order valence-electron chi connectivity index (χ4n) is 4.75. The van der Waals surface area contributed by atoms with Crippen molar-refractivity contribution in [2.75, 3.05) is 26.4 Å². The number of ether oxygens (including phenoxy) is 4. The first kappa shape index (κ1) is 41.3. The van der Waals surface area contributed by atoms with Gasteiger partial charge in [-0.25, -0.2) is 0 Å². The summed E-state index contributed by atoms with van der Waals surface area (Å²) in [4.78, 5) is 49.3. The molecule has 25 heteroatoms. The Hall–Kier alpha value is -0.830. The zero-order valence-corrected chi connectivity index (χ0v) is 25.7. The zero-order valence-electron chi connectivity index (χ0n) is 23.9. The van der Waals surface area contributed by atoms with Crippen molar-refractivity contribution in [3.05, 3.63) is 0 Å². The molecule has 0 spiro atoms. The van der Waals surface area contributed by atoms with E-state index < -0.39 is 145 Å². The van der Waals surface area contributed by atoms with Gasteiger partial charge in [0.1, 0.15) is 54.9 Å². The first-order valence-electron chi connectivity index (χ1n) is 13.6. The van der Waals surface area contributed by atoms with Crippen LogP contribution in [0.1, 0.15) is 6.42 Å². The third-order valence-corrected chi connectivity index (χ3v) is 11.1. The molecule has 2 rings (SSSR count). The second-order valence-electron chi connectivity index (χ2n) is 10.7. The lowest BCUT2D eigenvalue weighted by molar-refractivity contribution is -0.338. The molecule has 2 saturated heterocycles. The molecule has 0 aromatic heterocycles. The van der Waals surface area contributed by atoms with Crippen molar-refractivity contribution in [1.29, 1.82) is 0 Å². The van der Waals surface area contributed by atoms with Gasteiger partial charge in [-0.15, -0.1) is 0 Å². The van der Waals surface area contributed by atoms with Crippen LogP contribution in [0.3, 0.4) is 0 Å². The zero-order chi connectivity index (χ0) is 35.3. The van der Waals surface area contributed by atoms with Crippen LogP contribution in [0.5, 0.6) is 0 Å². The van der Waals surface area contributed by atoms with Crippen molar-refractivity contribution in [2.45, 2.75) is 97.5 Å². The monoisotopic (exact) mass is 719 g/mol. The molecule has 0 aliphatic carbocycles. The number of carbonyl (C=O) groups is 1. The van der Waals surface area contributed by atoms with E-state index in [1.165, 1.54) is 0 Å². The standard InChI is InChI=1S/C21H43N3O20P2/c22-12-16(33)15(32)8(4-27)41-20(12)44-19-9(5-28)42-21(13(23)17(19)34)43-18(7(29)3-26)14(31)6(2-25)24-10(30)1-11(45(35,36)37)46(38,39)40/h6-9,11-21,25-29,31-34H,1-5,22-23H2,(H,24,30)(H2,35,36,37)(H2,38,39,40)/t6?,7?,8?,9?,12?,13?,14-,15+,16-,17-,18+,19+,20+,21+/m1/s1. The smallest absolute Gasteiger partial charge is 0.341 e. The highest BCUT2D eigenvalue weighted by Gasteiger charge is 2.51. The molecule has 2 heterocycles. The van der Waals surface area contributed by atoms with E-state index in [1.807, 2.05) is 5.32 Å². The Kier molecular flexibility index (Phi) is 15.5. The highest BCUT2D eigenvalue weighted by atomic mass is 31.2. The molecule has 23 nitrogen and oxygen atoms in total. The topological polar surface area (TPSA) is 415 Å². The van der Waals surface area contributed by atoms with Crippen molar-refractivity contribution in [2.24, 2.45) is 11.5 Å². The number of carbonyl (C=O) groups excluding carboxylic acids is 1. The van der Waals surface area contributed by atoms with E-state index >= 15 is 0 Å². The van der Waals surface area contributed by atoms with Crippen molar-refractivity contribution in [3.8, 4) is 0 Å². The first-order valence-corrected chi connectivity index (χ1v) is 17.0. The molecule has 2 aliphatic heterocycles. The fourth-order valence-corrected chi connectivity index (χ4v) is 7.12. The molecule has 0 saturated carbocycles. The number of hydrogen-bond acceptors (Lipinski definition) is 18. The first-order chi connectivity index (χ1) is 21.2. The van der Waals surface area contributed by atoms with Gasteiger partial charge in [0.05, 0.1) is 51.0 Å². The maximum absolute atomic E-state index is 12.4. The third-order valence-electron chi connectivity index (χ3n) is 7.41. The summed E-state index contributed by atoms with van der Waals surface area (Å²) in [6.45, 7) is -3.94. The Bertz CT molecular complexity index is 1040. The molecular formula is C21H43N3O20P2. The molecule has 2 aliphatic rings. The second-order valence-corrected chi connectivity index (χ2v) is 14.7. The minimum atomic E-state index is -5.52. The summed E-state index contributed by atoms with van der Waals surface area (Å²) in [5, 5.41) is 90.1. The number of aliphatic hydroxyl groups is 9. The lowest BCUT2D eigenvalue weighted by Crippen LogP contribution is -2.68. The third kappa shape index (κ3) is 10.1. The molecule has 18 N–H and O–H groups in total. The number of nitrogens with one attached hydrogen (secondary N) is 1. The van der Waals surface area contributed by atoms with Crippen LogP contribution >= 0.6 is 15.2 Å². The van der Waals surface area contributed by atoms with Crippen LogP contribution in [0.15, 0.2) is 0 Å². The van der Waals surface area contributed by atoms with Crippen molar-refractivity contribution < 1.29 is 98.4 Å². The van der Waals surface area contributed by atoms with Gasteiger partial charge < -0.3 is 101 Å². The van der Waals surface area contributed by atoms with Gasteiger partial charge in [-0.05, 0) is 0 Å². The maximum atomic E-state index is 12.4. The van der Waals surface area contributed by atoms with Crippen LogP contribution in [0.25, 0.3) is 0 Å². The Morgan fingerprint density at radius 3 is 1.80 bits per heavy atom. The number of aliphatic hydroxyl groups excluding tert-OH is 9. The average Bonchev–Trinajstić information content (AvgIpc) is 2.98. The summed E-state index contributed by atoms with van der Waals surface area (Å²) < 4.78 is 45.0. The van der Waals surface area contributed by atoms with E-state index in [0.29, 0.717) is 0 Å². The van der Waals surface area contributed by atoms with Crippen LogP contribution in [0.2, 0.25) is 0 Å². The molecule has 0 radical (unpaired) electrons. The lowest BCUT2D eigenvalue weighted by Gasteiger charge is -2.47. The number of hydrogen-bond donors (Lipinski definition) is 16. The highest BCUT2D eigenvalue weighted by Crippen LogP contribution is 2.61. The van der Waals surface area contributed by atoms with Gasteiger partial charge in [-0.2, -0.15) is 0 Å². The number of amides is 1. The van der Waals surface area contributed by atoms with Crippen LogP contribution in [0, 0.1) is 0 Å². The second kappa shape index (κ2) is 17.2. The molecule has 6 unspecified atom stereocenters. The summed E-state index contributed by atoms with van der Waals surface area (Å²) in [5.74, 6) is -1.46. The average molecular weight is 720 g/mol. The Morgan fingerprint density at radius 1 is 0.804 bits per heavy atom. The van der Waals surface area contributed by atoms with Crippen molar-refractivity contribution in [3.63, 3.8) is 0 Å². The molecule has 46 heavy (non-hydrogen) atoms. The van der Waals surface area contributed by atoms with E-state index in [-0.39, 0.29) is 0 Å². The molecule has 272 valence electrons. The van der Waals surface area contributed by atoms with Crippen molar-refractivity contribution in [1.82, 2.24) is 5.32 Å². The van der Waals surface area contributed by atoms with Gasteiger partial charge in [0.2, 0.25) is 5.91 Å². The molecular weight excluding hydrogens is 676 g/mol. The molecule has 1 amide bonds. The Labute approximate surface area is 260 Å². The van der Waals surface area contributed by atoms with Gasteiger partial charge >= 0.3 is 15.2 Å². The predicted octanol–water partition coefficient (Wildman–Crippen LogP) is -8.81. The van der Waals surface area contributed by atoms with Gasteiger partial charge in [0.25, 0.3) is 0 Å². The fraction of sp³-hybridized carbons (Fsp3) is 0.952. The van der Waals surface area contributed by atoms with Crippen LogP contribution in [-0.2, 0) is 32.9 Å². The molecule has 0 aromatic carbocycles. The van der Waals surface area contributed by atoms with E-state index in [9.17, 15) is 79.5 Å². The molecule has 0 bridgehead atoms. The van der Waals surface area contributed by atoms with E-state index in [2.05, 4.69) is 0 Å². The van der Waals surface area contributed by atoms with Gasteiger partial charge in [-0.1, -0.05) is 0 Å². The van der Waals surface area contributed by atoms with Gasteiger partial charge in [0, 0.05) is 0 Å². The minimum Gasteiger partial charge on any atom is -0.394 e. The van der Waals surface area contributed by atoms with Crippen LogP contribution in [-0.4, -0.2) is 189 Å². The van der Waals surface area contributed by atoms with Crippen LogP contribution in [0.4, 0.5) is 0 Å². The normalized spacial score (nSPS) is 35.4. The highest BCUT2D eigenvalue weighted by molar-refractivity contribution is 7.70. The largest absolute Gasteiger partial charge is 0.394 e. The van der Waals surface area contributed by atoms with E-state index in [4.69, 9.17) is 30.4 Å². The summed E-state index contributed by atoms with van der Waals surface area (Å²) in [6, 6.07) is -4.93. The molecule has 0 aromatic rings. The van der Waals surface area contributed by atoms with E-state index in [0.717, 1.165) is 0 Å². The maximum Gasteiger partial charge on any atom is 0.341 e. The Morgan fingerprint density at radius 2 is 1.33 bits per heavy atom. The quantitative estimate of drug-likeness (QED) is 0.0658. The van der Waals surface area contributed by atoms with E-state index in [1.54, 1.807) is 0 Å². The van der Waals surface area contributed by atoms with Gasteiger partial charge in [0.15, 0.2) is 18.0 Å². The SMILES string of the molecule is NC1[C@H](O[C@H]2C(CO)O[C@@H](O[C@@H](C(O)CO)[C@H](O)C(CO)NC(=O)CC(P(=O)(O)O)P(=O)(O)O)C(N)[C@H]2O)OC(CO)[C@H](O)[C@@H]1O. The summed E-state index contributed by atoms with van der Waals surface area (Å²) >= 11 is 0. The van der Waals surface area contributed by atoms with Gasteiger partial charge in [-0.3, -0.25) is 13.9 Å². The van der Waals surface area contributed by atoms with Crippen LogP contribution < -0.4 is 16.8 Å². The summed E-state index contributed by atoms with van der Waals surface area (Å²) in [5.41, 5.74) is 11.9. The summed E-state index contributed by atoms with van der Waals surface area (Å²) in [7, 11) is -11.0. The van der Waals surface area contributed by atoms with Crippen molar-refractivity contribution >= 4 is 21.1 Å². The number of rotatable bonds is 16. The summed E-state index contributed by atoms with van der Waals surface area (Å²) in [6.07, 6.45) is -20.6. The molecule has 2 fully saturated rings. The lowest BCUT2D eigenvalue weighted by atomic mass is 9.95. The predicted molar refractivity (Wildman–Crippen MR) is 146 cm³/mol. The number of nitrogens with two attached hydrogens (primary N) is 2.